The number of esters is 2. The molecule has 1 aliphatic heterocycles. The third-order valence-electron chi connectivity index (χ3n) is 6.28. The van der Waals surface area contributed by atoms with Gasteiger partial charge in [0.25, 0.3) is 0 Å². The average Bonchev–Trinajstić information content (AvgIpc) is 3.47. The van der Waals surface area contributed by atoms with Crippen molar-refractivity contribution in [1.29, 1.82) is 0 Å². The molecular weight excluding hydrogens is 479 g/mol. The minimum atomic E-state index is -0.964. The van der Waals surface area contributed by atoms with Gasteiger partial charge in [-0.15, -0.1) is 0 Å². The predicted octanol–water partition coefficient (Wildman–Crippen LogP) is 4.14. The summed E-state index contributed by atoms with van der Waals surface area (Å²) >= 11 is 0. The highest BCUT2D eigenvalue weighted by molar-refractivity contribution is 5.90. The number of carbonyl (C=O) groups is 2. The highest BCUT2D eigenvalue weighted by atomic mass is 19.1. The molecule has 37 heavy (non-hydrogen) atoms. The third-order valence-corrected chi connectivity index (χ3v) is 6.28. The Kier molecular flexibility index (Phi) is 6.58. The van der Waals surface area contributed by atoms with Crippen LogP contribution in [0.15, 0.2) is 60.8 Å². The van der Waals surface area contributed by atoms with Crippen molar-refractivity contribution in [3.8, 4) is 0 Å². The zero-order valence-corrected chi connectivity index (χ0v) is 20.3. The number of hydrogen-bond acceptors (Lipinski definition) is 8. The number of rotatable bonds is 6. The number of ether oxygens (including phenoxy) is 3. The lowest BCUT2D eigenvalue weighted by atomic mass is 10.1. The molecule has 0 saturated carbocycles. The molecule has 0 aliphatic carbocycles. The standard InChI is InChI=1S/C27H25FN4O5/c1-15-3-7-17(8-4-15)25(33)35-14-21-20(37-26(34)18-9-5-16(2)6-10-18)13-22(36-21)32-12-11-19-23(29)30-27(28)31-24(19)32/h3-12,20-22H,13-14H2,1-2H3,(H2,29,30,31). The molecule has 0 bridgehead atoms. The maximum atomic E-state index is 13.9. The van der Waals surface area contributed by atoms with Crippen LogP contribution in [0.2, 0.25) is 0 Å². The summed E-state index contributed by atoms with van der Waals surface area (Å²) in [7, 11) is 0. The molecule has 0 radical (unpaired) electrons. The third kappa shape index (κ3) is 5.14. The van der Waals surface area contributed by atoms with Crippen LogP contribution >= 0.6 is 0 Å². The van der Waals surface area contributed by atoms with E-state index < -0.39 is 36.5 Å². The van der Waals surface area contributed by atoms with Crippen molar-refractivity contribution in [1.82, 2.24) is 14.5 Å². The number of aromatic nitrogens is 3. The smallest absolute Gasteiger partial charge is 0.338 e. The van der Waals surface area contributed by atoms with Gasteiger partial charge in [-0.1, -0.05) is 35.4 Å². The van der Waals surface area contributed by atoms with Crippen LogP contribution in [0.3, 0.4) is 0 Å². The van der Waals surface area contributed by atoms with E-state index in [-0.39, 0.29) is 24.5 Å². The summed E-state index contributed by atoms with van der Waals surface area (Å²) in [5.74, 6) is -1.05. The minimum Gasteiger partial charge on any atom is -0.459 e. The molecule has 190 valence electrons. The number of aryl methyl sites for hydroxylation is 2. The first-order chi connectivity index (χ1) is 17.8. The maximum absolute atomic E-state index is 13.9. The zero-order chi connectivity index (χ0) is 26.1. The van der Waals surface area contributed by atoms with E-state index >= 15 is 0 Å². The second-order valence-corrected chi connectivity index (χ2v) is 8.98. The molecule has 5 rings (SSSR count). The SMILES string of the molecule is Cc1ccc(C(=O)OCC2OC(n3ccc4c(N)nc(F)nc43)CC2OC(=O)c2ccc(C)cc2)cc1. The van der Waals surface area contributed by atoms with E-state index in [1.165, 1.54) is 0 Å². The summed E-state index contributed by atoms with van der Waals surface area (Å²) in [6.07, 6.45) is -1.28. The number of fused-ring (bicyclic) bond motifs is 1. The molecule has 2 aromatic heterocycles. The number of benzene rings is 2. The fourth-order valence-corrected chi connectivity index (χ4v) is 4.23. The topological polar surface area (TPSA) is 119 Å². The Labute approximate surface area is 212 Å². The highest BCUT2D eigenvalue weighted by Crippen LogP contribution is 2.34. The molecule has 3 heterocycles. The van der Waals surface area contributed by atoms with E-state index in [1.807, 2.05) is 38.1 Å². The van der Waals surface area contributed by atoms with Crippen LogP contribution in [0.4, 0.5) is 10.2 Å². The molecule has 9 nitrogen and oxygen atoms in total. The molecule has 4 aromatic rings. The molecule has 0 spiro atoms. The van der Waals surface area contributed by atoms with Crippen molar-refractivity contribution >= 4 is 28.8 Å². The molecule has 3 unspecified atom stereocenters. The monoisotopic (exact) mass is 504 g/mol. The van der Waals surface area contributed by atoms with Gasteiger partial charge < -0.3 is 24.5 Å². The van der Waals surface area contributed by atoms with Gasteiger partial charge in [-0.2, -0.15) is 14.4 Å². The summed E-state index contributed by atoms with van der Waals surface area (Å²) in [6.45, 7) is 3.69. The molecule has 1 saturated heterocycles. The normalized spacial score (nSPS) is 19.2. The molecule has 0 amide bonds. The van der Waals surface area contributed by atoms with E-state index in [0.29, 0.717) is 16.5 Å². The average molecular weight is 505 g/mol. The highest BCUT2D eigenvalue weighted by Gasteiger charge is 2.40. The number of anilines is 1. The zero-order valence-electron chi connectivity index (χ0n) is 20.3. The fourth-order valence-electron chi connectivity index (χ4n) is 4.23. The van der Waals surface area contributed by atoms with E-state index in [2.05, 4.69) is 9.97 Å². The van der Waals surface area contributed by atoms with Gasteiger partial charge in [-0.05, 0) is 44.2 Å². The number of carbonyl (C=O) groups excluding carboxylic acids is 2. The Bertz CT molecular complexity index is 1450. The second-order valence-electron chi connectivity index (χ2n) is 8.98. The van der Waals surface area contributed by atoms with Crippen LogP contribution < -0.4 is 5.73 Å². The van der Waals surface area contributed by atoms with Gasteiger partial charge in [0.15, 0.2) is 5.65 Å². The van der Waals surface area contributed by atoms with Crippen molar-refractivity contribution < 1.29 is 28.2 Å². The summed E-state index contributed by atoms with van der Waals surface area (Å²) in [5, 5.41) is 0.465. The molecular formula is C27H25FN4O5. The summed E-state index contributed by atoms with van der Waals surface area (Å²) in [4.78, 5) is 32.9. The predicted molar refractivity (Wildman–Crippen MR) is 132 cm³/mol. The largest absolute Gasteiger partial charge is 0.459 e. The van der Waals surface area contributed by atoms with Gasteiger partial charge in [0, 0.05) is 12.6 Å². The number of halogens is 1. The molecule has 3 atom stereocenters. The Morgan fingerprint density at radius 2 is 1.62 bits per heavy atom. The number of hydrogen-bond donors (Lipinski definition) is 1. The summed E-state index contributed by atoms with van der Waals surface area (Å²) in [6, 6.07) is 15.6. The lowest BCUT2D eigenvalue weighted by Gasteiger charge is -2.19. The molecule has 2 N–H and O–H groups in total. The van der Waals surface area contributed by atoms with Crippen LogP contribution in [-0.4, -0.2) is 45.3 Å². The molecule has 10 heteroatoms. The van der Waals surface area contributed by atoms with Crippen molar-refractivity contribution in [3.63, 3.8) is 0 Å². The number of nitrogens with two attached hydrogens (primary N) is 1. The number of nitrogen functional groups attached to an aromatic ring is 1. The summed E-state index contributed by atoms with van der Waals surface area (Å²) in [5.41, 5.74) is 8.89. The van der Waals surface area contributed by atoms with Crippen LogP contribution in [0.1, 0.15) is 44.5 Å². The van der Waals surface area contributed by atoms with Gasteiger partial charge in [0.1, 0.15) is 30.9 Å². The molecule has 1 aliphatic rings. The molecule has 2 aromatic carbocycles. The second kappa shape index (κ2) is 9.98. The van der Waals surface area contributed by atoms with Crippen molar-refractivity contribution in [2.75, 3.05) is 12.3 Å². The van der Waals surface area contributed by atoms with Crippen LogP contribution in [0, 0.1) is 19.9 Å². The summed E-state index contributed by atoms with van der Waals surface area (Å²) < 4.78 is 32.9. The Morgan fingerprint density at radius 1 is 1.00 bits per heavy atom. The first-order valence-corrected chi connectivity index (χ1v) is 11.7. The van der Waals surface area contributed by atoms with E-state index in [1.54, 1.807) is 41.1 Å². The van der Waals surface area contributed by atoms with Crippen LogP contribution in [-0.2, 0) is 14.2 Å². The van der Waals surface area contributed by atoms with Crippen molar-refractivity contribution in [3.05, 3.63) is 89.1 Å². The van der Waals surface area contributed by atoms with Gasteiger partial charge in [0.05, 0.1) is 16.5 Å². The van der Waals surface area contributed by atoms with Crippen molar-refractivity contribution in [2.45, 2.75) is 38.7 Å². The Hall–Kier alpha value is -4.31. The fraction of sp³-hybridized carbons (Fsp3) is 0.259. The lowest BCUT2D eigenvalue weighted by molar-refractivity contribution is -0.0562. The lowest BCUT2D eigenvalue weighted by Crippen LogP contribution is -2.32. The maximum Gasteiger partial charge on any atom is 0.338 e. The minimum absolute atomic E-state index is 0.00479. The van der Waals surface area contributed by atoms with E-state index in [4.69, 9.17) is 19.9 Å². The van der Waals surface area contributed by atoms with Crippen LogP contribution in [0.5, 0.6) is 0 Å². The van der Waals surface area contributed by atoms with Gasteiger partial charge >= 0.3 is 18.0 Å². The number of nitrogens with zero attached hydrogens (tertiary/aromatic N) is 3. The van der Waals surface area contributed by atoms with Crippen LogP contribution in [0.25, 0.3) is 11.0 Å². The van der Waals surface area contributed by atoms with Gasteiger partial charge in [0.2, 0.25) is 0 Å². The Balaban J connectivity index is 1.37. The van der Waals surface area contributed by atoms with Gasteiger partial charge in [-0.25, -0.2) is 9.59 Å². The molecule has 1 fully saturated rings. The van der Waals surface area contributed by atoms with Crippen molar-refractivity contribution in [2.24, 2.45) is 0 Å². The van der Waals surface area contributed by atoms with E-state index in [9.17, 15) is 14.0 Å². The Morgan fingerprint density at radius 3 is 2.27 bits per heavy atom. The first kappa shape index (κ1) is 24.4. The van der Waals surface area contributed by atoms with Gasteiger partial charge in [-0.3, -0.25) is 0 Å². The first-order valence-electron chi connectivity index (χ1n) is 11.7. The van der Waals surface area contributed by atoms with E-state index in [0.717, 1.165) is 11.1 Å². The quantitative estimate of drug-likeness (QED) is 0.307.